The van der Waals surface area contributed by atoms with Gasteiger partial charge < -0.3 is 15.5 Å². The molecule has 4 rings (SSSR count). The highest BCUT2D eigenvalue weighted by Gasteiger charge is 2.33. The van der Waals surface area contributed by atoms with E-state index in [2.05, 4.69) is 34.1 Å². The summed E-state index contributed by atoms with van der Waals surface area (Å²) in [5.41, 5.74) is 2.10. The topological polar surface area (TPSA) is 87.2 Å². The first-order valence-corrected chi connectivity index (χ1v) is 9.84. The molecular formula is C23H23N5O2. The lowest BCUT2D eigenvalue weighted by molar-refractivity contribution is -0.111. The zero-order valence-corrected chi connectivity index (χ0v) is 16.7. The lowest BCUT2D eigenvalue weighted by Gasteiger charge is -2.18. The van der Waals surface area contributed by atoms with E-state index in [1.807, 2.05) is 29.2 Å². The van der Waals surface area contributed by atoms with Gasteiger partial charge in [0.2, 0.25) is 11.9 Å². The summed E-state index contributed by atoms with van der Waals surface area (Å²) in [6, 6.07) is 14.8. The van der Waals surface area contributed by atoms with Crippen molar-refractivity contribution < 1.29 is 9.59 Å². The molecule has 7 nitrogen and oxygen atoms in total. The number of likely N-dealkylation sites (tertiary alicyclic amines) is 1. The summed E-state index contributed by atoms with van der Waals surface area (Å²) >= 11 is 0. The molecule has 0 aliphatic carbocycles. The average Bonchev–Trinajstić information content (AvgIpc) is 3.13. The molecular weight excluding hydrogens is 378 g/mol. The van der Waals surface area contributed by atoms with Crippen LogP contribution in [0.1, 0.15) is 17.3 Å². The van der Waals surface area contributed by atoms with Crippen LogP contribution in [-0.4, -0.2) is 45.8 Å². The van der Waals surface area contributed by atoms with Crippen molar-refractivity contribution in [3.63, 3.8) is 0 Å². The minimum Gasteiger partial charge on any atom is -0.349 e. The van der Waals surface area contributed by atoms with Crippen molar-refractivity contribution in [1.29, 1.82) is 0 Å². The molecule has 0 bridgehead atoms. The number of carbonyl (C=O) groups excluding carboxylic acids is 2. The second kappa shape index (κ2) is 8.32. The van der Waals surface area contributed by atoms with Crippen molar-refractivity contribution in [3.05, 3.63) is 72.9 Å². The standard InChI is InChI=1S/C23H23N5O2/c1-3-21(29)25-18-10-8-16(9-11-18)22(30)28-13-15(2)20(14-28)27-23-24-12-17-6-4-5-7-19(17)26-23/h3-12,15,20H,1,13-14H2,2H3,(H,25,29)(H,24,26,27)/t15-,20-/m0/s1. The van der Waals surface area contributed by atoms with Crippen LogP contribution in [0.4, 0.5) is 11.6 Å². The van der Waals surface area contributed by atoms with Gasteiger partial charge in [-0.25, -0.2) is 9.97 Å². The first-order valence-electron chi connectivity index (χ1n) is 9.84. The molecule has 2 aromatic carbocycles. The van der Waals surface area contributed by atoms with Gasteiger partial charge in [0.15, 0.2) is 0 Å². The van der Waals surface area contributed by atoms with Crippen LogP contribution in [0.2, 0.25) is 0 Å². The van der Waals surface area contributed by atoms with Gasteiger partial charge in [-0.2, -0.15) is 0 Å². The van der Waals surface area contributed by atoms with Crippen molar-refractivity contribution >= 4 is 34.4 Å². The van der Waals surface area contributed by atoms with E-state index in [1.165, 1.54) is 6.08 Å². The van der Waals surface area contributed by atoms with Crippen molar-refractivity contribution in [1.82, 2.24) is 14.9 Å². The number of carbonyl (C=O) groups is 2. The number of fused-ring (bicyclic) bond motifs is 1. The third-order valence-electron chi connectivity index (χ3n) is 5.29. The molecule has 1 fully saturated rings. The van der Waals surface area contributed by atoms with E-state index in [0.29, 0.717) is 30.3 Å². The van der Waals surface area contributed by atoms with E-state index in [0.717, 1.165) is 10.9 Å². The predicted molar refractivity (Wildman–Crippen MR) is 117 cm³/mol. The molecule has 2 atom stereocenters. The Hall–Kier alpha value is -3.74. The molecule has 0 radical (unpaired) electrons. The van der Waals surface area contributed by atoms with Crippen molar-refractivity contribution in [3.8, 4) is 0 Å². The normalized spacial score (nSPS) is 18.2. The number of hydrogen-bond acceptors (Lipinski definition) is 5. The van der Waals surface area contributed by atoms with Crippen LogP contribution in [0, 0.1) is 5.92 Å². The SMILES string of the molecule is C=CC(=O)Nc1ccc(C(=O)N2C[C@H](Nc3ncc4ccccc4n3)[C@@H](C)C2)cc1. The number of para-hydroxylation sites is 1. The largest absolute Gasteiger partial charge is 0.349 e. The molecule has 30 heavy (non-hydrogen) atoms. The fourth-order valence-corrected chi connectivity index (χ4v) is 3.60. The summed E-state index contributed by atoms with van der Waals surface area (Å²) in [7, 11) is 0. The van der Waals surface area contributed by atoms with Gasteiger partial charge in [0, 0.05) is 35.9 Å². The molecule has 1 aromatic heterocycles. The molecule has 3 aromatic rings. The number of nitrogens with one attached hydrogen (secondary N) is 2. The van der Waals surface area contributed by atoms with Crippen LogP contribution in [0.5, 0.6) is 0 Å². The third-order valence-corrected chi connectivity index (χ3v) is 5.29. The van der Waals surface area contributed by atoms with Gasteiger partial charge in [-0.3, -0.25) is 9.59 Å². The highest BCUT2D eigenvalue weighted by Crippen LogP contribution is 2.23. The predicted octanol–water partition coefficient (Wildman–Crippen LogP) is 3.33. The Balaban J connectivity index is 1.42. The summed E-state index contributed by atoms with van der Waals surface area (Å²) in [4.78, 5) is 35.1. The minimum absolute atomic E-state index is 0.0350. The van der Waals surface area contributed by atoms with E-state index >= 15 is 0 Å². The monoisotopic (exact) mass is 401 g/mol. The van der Waals surface area contributed by atoms with Gasteiger partial charge in [0.1, 0.15) is 0 Å². The maximum atomic E-state index is 12.9. The molecule has 1 saturated heterocycles. The van der Waals surface area contributed by atoms with E-state index in [-0.39, 0.29) is 23.8 Å². The summed E-state index contributed by atoms with van der Waals surface area (Å²) < 4.78 is 0. The molecule has 0 saturated carbocycles. The Morgan fingerprint density at radius 3 is 2.67 bits per heavy atom. The van der Waals surface area contributed by atoms with Gasteiger partial charge in [0.05, 0.1) is 11.6 Å². The summed E-state index contributed by atoms with van der Waals surface area (Å²) in [5.74, 6) is 0.511. The zero-order chi connectivity index (χ0) is 21.1. The van der Waals surface area contributed by atoms with Crippen LogP contribution in [0.15, 0.2) is 67.4 Å². The first kappa shape index (κ1) is 19.6. The van der Waals surface area contributed by atoms with E-state index in [1.54, 1.807) is 30.5 Å². The van der Waals surface area contributed by atoms with Crippen LogP contribution >= 0.6 is 0 Å². The average molecular weight is 401 g/mol. The highest BCUT2D eigenvalue weighted by molar-refractivity contribution is 5.99. The molecule has 7 heteroatoms. The zero-order valence-electron chi connectivity index (χ0n) is 16.7. The fourth-order valence-electron chi connectivity index (χ4n) is 3.60. The van der Waals surface area contributed by atoms with Crippen molar-refractivity contribution in [2.45, 2.75) is 13.0 Å². The summed E-state index contributed by atoms with van der Waals surface area (Å²) in [5, 5.41) is 7.05. The smallest absolute Gasteiger partial charge is 0.253 e. The van der Waals surface area contributed by atoms with Gasteiger partial charge in [-0.15, -0.1) is 0 Å². The number of hydrogen-bond donors (Lipinski definition) is 2. The lowest BCUT2D eigenvalue weighted by atomic mass is 10.1. The third kappa shape index (κ3) is 4.15. The number of benzene rings is 2. The Kier molecular flexibility index (Phi) is 5.43. The van der Waals surface area contributed by atoms with Gasteiger partial charge in [-0.1, -0.05) is 31.7 Å². The van der Waals surface area contributed by atoms with Gasteiger partial charge in [0.25, 0.3) is 5.91 Å². The Bertz CT molecular complexity index is 1100. The number of nitrogens with zero attached hydrogens (tertiary/aromatic N) is 3. The first-order chi connectivity index (χ1) is 14.5. The molecule has 2 amide bonds. The fraction of sp³-hybridized carbons (Fsp3) is 0.217. The maximum absolute atomic E-state index is 12.9. The van der Waals surface area contributed by atoms with E-state index in [4.69, 9.17) is 0 Å². The van der Waals surface area contributed by atoms with E-state index in [9.17, 15) is 9.59 Å². The molecule has 1 aliphatic rings. The Morgan fingerprint density at radius 1 is 1.13 bits per heavy atom. The molecule has 2 heterocycles. The molecule has 1 aliphatic heterocycles. The van der Waals surface area contributed by atoms with E-state index < -0.39 is 0 Å². The molecule has 0 unspecified atom stereocenters. The lowest BCUT2D eigenvalue weighted by Crippen LogP contribution is -2.32. The van der Waals surface area contributed by atoms with Crippen LogP contribution in [0.25, 0.3) is 10.9 Å². The maximum Gasteiger partial charge on any atom is 0.253 e. The van der Waals surface area contributed by atoms with Crippen LogP contribution in [-0.2, 0) is 4.79 Å². The van der Waals surface area contributed by atoms with Gasteiger partial charge >= 0.3 is 0 Å². The Morgan fingerprint density at radius 2 is 1.90 bits per heavy atom. The number of aromatic nitrogens is 2. The number of anilines is 2. The number of amides is 2. The van der Waals surface area contributed by atoms with Crippen molar-refractivity contribution in [2.75, 3.05) is 23.7 Å². The van der Waals surface area contributed by atoms with Gasteiger partial charge in [-0.05, 0) is 42.3 Å². The van der Waals surface area contributed by atoms with Crippen molar-refractivity contribution in [2.24, 2.45) is 5.92 Å². The highest BCUT2D eigenvalue weighted by atomic mass is 16.2. The molecule has 2 N–H and O–H groups in total. The molecule has 0 spiro atoms. The van der Waals surface area contributed by atoms with Crippen LogP contribution in [0.3, 0.4) is 0 Å². The minimum atomic E-state index is -0.285. The summed E-state index contributed by atoms with van der Waals surface area (Å²) in [6.07, 6.45) is 3.01. The molecule has 152 valence electrons. The van der Waals surface area contributed by atoms with Crippen LogP contribution < -0.4 is 10.6 Å². The quantitative estimate of drug-likeness (QED) is 0.641. The number of rotatable bonds is 5. The second-order valence-corrected chi connectivity index (χ2v) is 7.46. The second-order valence-electron chi connectivity index (χ2n) is 7.46. The Labute approximate surface area is 174 Å². The summed E-state index contributed by atoms with van der Waals surface area (Å²) in [6.45, 7) is 6.76.